The van der Waals surface area contributed by atoms with Gasteiger partial charge in [-0.3, -0.25) is 4.79 Å². The molecule has 2 aromatic heterocycles. The molecule has 1 aliphatic carbocycles. The number of rotatable bonds is 5. The summed E-state index contributed by atoms with van der Waals surface area (Å²) in [5.41, 5.74) is 1.44. The molecule has 1 amide bonds. The van der Waals surface area contributed by atoms with E-state index in [2.05, 4.69) is 12.2 Å². The number of nitriles is 1. The minimum Gasteiger partial charge on any atom is -0.462 e. The normalized spacial score (nSPS) is 16.3. The first-order valence-electron chi connectivity index (χ1n) is 8.81. The summed E-state index contributed by atoms with van der Waals surface area (Å²) in [5, 5.41) is 14.5. The van der Waals surface area contributed by atoms with Crippen LogP contribution in [0, 0.1) is 17.2 Å². The molecular weight excluding hydrogens is 380 g/mol. The van der Waals surface area contributed by atoms with Crippen LogP contribution in [0.4, 0.5) is 5.00 Å². The van der Waals surface area contributed by atoms with Crippen molar-refractivity contribution in [1.82, 2.24) is 0 Å². The Labute approximate surface area is 166 Å². The van der Waals surface area contributed by atoms with E-state index in [1.54, 1.807) is 13.0 Å². The first-order chi connectivity index (χ1) is 13.0. The predicted molar refractivity (Wildman–Crippen MR) is 108 cm³/mol. The molecule has 0 radical (unpaired) electrons. The summed E-state index contributed by atoms with van der Waals surface area (Å²) in [6.07, 6.45) is 4.25. The molecule has 0 aromatic carbocycles. The van der Waals surface area contributed by atoms with Crippen LogP contribution in [0.5, 0.6) is 0 Å². The van der Waals surface area contributed by atoms with Gasteiger partial charge in [0.05, 0.1) is 12.2 Å². The Bertz CT molecular complexity index is 920. The zero-order chi connectivity index (χ0) is 19.4. The molecule has 0 fully saturated rings. The maximum absolute atomic E-state index is 12.6. The summed E-state index contributed by atoms with van der Waals surface area (Å²) in [6, 6.07) is 5.64. The molecule has 0 bridgehead atoms. The molecule has 140 valence electrons. The lowest BCUT2D eigenvalue weighted by atomic mass is 9.88. The zero-order valence-electron chi connectivity index (χ0n) is 15.2. The van der Waals surface area contributed by atoms with Crippen LogP contribution >= 0.6 is 22.7 Å². The van der Waals surface area contributed by atoms with Crippen LogP contribution in [-0.2, 0) is 22.4 Å². The van der Waals surface area contributed by atoms with E-state index in [0.717, 1.165) is 34.6 Å². The van der Waals surface area contributed by atoms with Crippen molar-refractivity contribution in [3.05, 3.63) is 44.0 Å². The SMILES string of the molecule is CCOC(=O)c1c(NC(=O)C(C#N)=Cc2cccs2)sc2c1CCC(C)C2. The summed E-state index contributed by atoms with van der Waals surface area (Å²) >= 11 is 2.87. The van der Waals surface area contributed by atoms with Gasteiger partial charge >= 0.3 is 5.97 Å². The molecule has 5 nitrogen and oxygen atoms in total. The number of fused-ring (bicyclic) bond motifs is 1. The maximum Gasteiger partial charge on any atom is 0.341 e. The fourth-order valence-electron chi connectivity index (χ4n) is 3.09. The Kier molecular flexibility index (Phi) is 6.09. The third-order valence-corrected chi connectivity index (χ3v) is 6.40. The number of anilines is 1. The van der Waals surface area contributed by atoms with Gasteiger partial charge in [0.2, 0.25) is 0 Å². The third-order valence-electron chi connectivity index (χ3n) is 4.41. The van der Waals surface area contributed by atoms with Gasteiger partial charge in [-0.15, -0.1) is 22.7 Å². The van der Waals surface area contributed by atoms with E-state index in [0.29, 0.717) is 16.5 Å². The summed E-state index contributed by atoms with van der Waals surface area (Å²) in [6.45, 7) is 4.21. The highest BCUT2D eigenvalue weighted by molar-refractivity contribution is 7.17. The molecular formula is C20H20N2O3S2. The molecule has 0 spiro atoms. The van der Waals surface area contributed by atoms with E-state index in [-0.39, 0.29) is 12.2 Å². The Balaban J connectivity index is 1.92. The number of esters is 1. The van der Waals surface area contributed by atoms with Crippen LogP contribution < -0.4 is 5.32 Å². The summed E-state index contributed by atoms with van der Waals surface area (Å²) in [7, 11) is 0. The molecule has 1 unspecified atom stereocenters. The molecule has 0 aliphatic heterocycles. The van der Waals surface area contributed by atoms with Crippen LogP contribution in [0.25, 0.3) is 6.08 Å². The van der Waals surface area contributed by atoms with E-state index >= 15 is 0 Å². The Hall–Kier alpha value is -2.43. The van der Waals surface area contributed by atoms with Crippen LogP contribution in [0.3, 0.4) is 0 Å². The highest BCUT2D eigenvalue weighted by atomic mass is 32.1. The molecule has 27 heavy (non-hydrogen) atoms. The summed E-state index contributed by atoms with van der Waals surface area (Å²) in [4.78, 5) is 27.1. The quantitative estimate of drug-likeness (QED) is 0.450. The number of ether oxygens (including phenoxy) is 1. The summed E-state index contributed by atoms with van der Waals surface area (Å²) in [5.74, 6) is -0.383. The van der Waals surface area contributed by atoms with Crippen molar-refractivity contribution in [1.29, 1.82) is 5.26 Å². The van der Waals surface area contributed by atoms with Crippen molar-refractivity contribution in [2.75, 3.05) is 11.9 Å². The molecule has 3 rings (SSSR count). The lowest BCUT2D eigenvalue weighted by molar-refractivity contribution is -0.112. The Morgan fingerprint density at radius 3 is 2.96 bits per heavy atom. The van der Waals surface area contributed by atoms with Gasteiger partial charge in [0.25, 0.3) is 5.91 Å². The monoisotopic (exact) mass is 400 g/mol. The van der Waals surface area contributed by atoms with Gasteiger partial charge in [-0.25, -0.2) is 4.79 Å². The first kappa shape index (κ1) is 19.3. The highest BCUT2D eigenvalue weighted by Gasteiger charge is 2.29. The highest BCUT2D eigenvalue weighted by Crippen LogP contribution is 2.40. The van der Waals surface area contributed by atoms with Crippen molar-refractivity contribution < 1.29 is 14.3 Å². The predicted octanol–water partition coefficient (Wildman–Crippen LogP) is 4.66. The van der Waals surface area contributed by atoms with Crippen molar-refractivity contribution in [2.45, 2.75) is 33.1 Å². The second-order valence-electron chi connectivity index (χ2n) is 6.42. The zero-order valence-corrected chi connectivity index (χ0v) is 16.8. The summed E-state index contributed by atoms with van der Waals surface area (Å²) < 4.78 is 5.21. The average molecular weight is 401 g/mol. The number of hydrogen-bond donors (Lipinski definition) is 1. The smallest absolute Gasteiger partial charge is 0.341 e. The van der Waals surface area contributed by atoms with Crippen molar-refractivity contribution in [3.63, 3.8) is 0 Å². The van der Waals surface area contributed by atoms with Crippen molar-refractivity contribution in [3.8, 4) is 6.07 Å². The molecule has 0 saturated heterocycles. The second kappa shape index (κ2) is 8.51. The number of carbonyl (C=O) groups excluding carboxylic acids is 2. The van der Waals surface area contributed by atoms with Gasteiger partial charge in [-0.2, -0.15) is 5.26 Å². The largest absolute Gasteiger partial charge is 0.462 e. The van der Waals surface area contributed by atoms with Crippen LogP contribution in [0.2, 0.25) is 0 Å². The van der Waals surface area contributed by atoms with Gasteiger partial charge < -0.3 is 10.1 Å². The number of carbonyl (C=O) groups is 2. The Morgan fingerprint density at radius 2 is 2.30 bits per heavy atom. The van der Waals surface area contributed by atoms with Gasteiger partial charge in [0.15, 0.2) is 0 Å². The molecule has 7 heteroatoms. The van der Waals surface area contributed by atoms with E-state index in [1.165, 1.54) is 22.7 Å². The topological polar surface area (TPSA) is 79.2 Å². The Morgan fingerprint density at radius 1 is 1.48 bits per heavy atom. The van der Waals surface area contributed by atoms with Crippen LogP contribution in [0.1, 0.15) is 45.9 Å². The van der Waals surface area contributed by atoms with Gasteiger partial charge in [-0.05, 0) is 55.2 Å². The van der Waals surface area contributed by atoms with Gasteiger partial charge in [0, 0.05) is 9.75 Å². The van der Waals surface area contributed by atoms with Crippen LogP contribution in [0.15, 0.2) is 23.1 Å². The van der Waals surface area contributed by atoms with Gasteiger partial charge in [-0.1, -0.05) is 13.0 Å². The number of nitrogens with one attached hydrogen (secondary N) is 1. The molecule has 2 aromatic rings. The van der Waals surface area contributed by atoms with E-state index < -0.39 is 11.9 Å². The van der Waals surface area contributed by atoms with Crippen LogP contribution in [-0.4, -0.2) is 18.5 Å². The number of thiophene rings is 2. The number of amides is 1. The molecule has 2 heterocycles. The number of hydrogen-bond acceptors (Lipinski definition) is 6. The van der Waals surface area contributed by atoms with E-state index in [9.17, 15) is 14.9 Å². The minimum absolute atomic E-state index is 0.00648. The second-order valence-corrected chi connectivity index (χ2v) is 8.50. The molecule has 1 atom stereocenters. The molecule has 1 N–H and O–H groups in total. The third kappa shape index (κ3) is 4.29. The first-order valence-corrected chi connectivity index (χ1v) is 10.5. The lowest BCUT2D eigenvalue weighted by Gasteiger charge is -2.18. The standard InChI is InChI=1S/C20H20N2O3S2/c1-3-25-20(24)17-15-7-6-12(2)9-16(15)27-19(17)22-18(23)13(11-21)10-14-5-4-8-26-14/h4-5,8,10,12H,3,6-7,9H2,1-2H3,(H,22,23). The van der Waals surface area contributed by atoms with Crippen molar-refractivity contribution >= 4 is 45.6 Å². The fourth-order valence-corrected chi connectivity index (χ4v) is 5.14. The minimum atomic E-state index is -0.511. The maximum atomic E-state index is 12.6. The average Bonchev–Trinajstić information content (AvgIpc) is 3.26. The number of nitrogens with zero attached hydrogens (tertiary/aromatic N) is 1. The van der Waals surface area contributed by atoms with E-state index in [1.807, 2.05) is 23.6 Å². The molecule has 1 aliphatic rings. The fraction of sp³-hybridized carbons (Fsp3) is 0.350. The van der Waals surface area contributed by atoms with Gasteiger partial charge in [0.1, 0.15) is 16.6 Å². The molecule has 0 saturated carbocycles. The van der Waals surface area contributed by atoms with E-state index in [4.69, 9.17) is 4.74 Å². The van der Waals surface area contributed by atoms with Crippen molar-refractivity contribution in [2.24, 2.45) is 5.92 Å². The lowest BCUT2D eigenvalue weighted by Crippen LogP contribution is -2.17.